The van der Waals surface area contributed by atoms with Gasteiger partial charge in [0.15, 0.2) is 0 Å². The van der Waals surface area contributed by atoms with Crippen molar-refractivity contribution in [3.8, 4) is 5.88 Å². The number of anilines is 1. The molecule has 0 saturated carbocycles. The summed E-state index contributed by atoms with van der Waals surface area (Å²) in [5.41, 5.74) is 0.377. The molecule has 3 rings (SSSR count). The van der Waals surface area contributed by atoms with Crippen molar-refractivity contribution in [2.45, 2.75) is 12.9 Å². The molecular formula is C15H13ClF3N5O3. The number of aromatic amines is 1. The van der Waals surface area contributed by atoms with Gasteiger partial charge in [0.05, 0.1) is 18.4 Å². The average molecular weight is 404 g/mol. The Morgan fingerprint density at radius 3 is 2.63 bits per heavy atom. The van der Waals surface area contributed by atoms with Gasteiger partial charge in [-0.15, -0.1) is 13.2 Å². The summed E-state index contributed by atoms with van der Waals surface area (Å²) in [5, 5.41) is 5.83. The van der Waals surface area contributed by atoms with E-state index in [1.807, 2.05) is 0 Å². The van der Waals surface area contributed by atoms with Crippen molar-refractivity contribution in [1.29, 1.82) is 0 Å². The van der Waals surface area contributed by atoms with Crippen LogP contribution in [0.5, 0.6) is 5.88 Å². The fourth-order valence-corrected chi connectivity index (χ4v) is 2.79. The molecule has 2 aromatic heterocycles. The van der Waals surface area contributed by atoms with Crippen molar-refractivity contribution in [3.05, 3.63) is 45.5 Å². The van der Waals surface area contributed by atoms with E-state index in [0.29, 0.717) is 24.3 Å². The quantitative estimate of drug-likeness (QED) is 0.833. The van der Waals surface area contributed by atoms with E-state index in [9.17, 15) is 22.8 Å². The first-order valence-electron chi connectivity index (χ1n) is 7.69. The van der Waals surface area contributed by atoms with Crippen LogP contribution in [0.25, 0.3) is 0 Å². The minimum absolute atomic E-state index is 0.00640. The van der Waals surface area contributed by atoms with E-state index in [2.05, 4.69) is 19.9 Å². The van der Waals surface area contributed by atoms with Gasteiger partial charge in [-0.25, -0.2) is 10.1 Å². The molecule has 144 valence electrons. The monoisotopic (exact) mass is 403 g/mol. The lowest BCUT2D eigenvalue weighted by Crippen LogP contribution is -2.50. The van der Waals surface area contributed by atoms with E-state index in [4.69, 9.17) is 11.6 Å². The number of nitrogens with zero attached hydrogens (tertiary/aromatic N) is 4. The maximum atomic E-state index is 12.4. The van der Waals surface area contributed by atoms with Crippen LogP contribution in [0.3, 0.4) is 0 Å². The fraction of sp³-hybridized carbons (Fsp3) is 0.333. The number of halogens is 4. The van der Waals surface area contributed by atoms with Crippen LogP contribution in [0.15, 0.2) is 29.3 Å². The summed E-state index contributed by atoms with van der Waals surface area (Å²) in [5.74, 6) is -0.799. The molecule has 12 heteroatoms. The van der Waals surface area contributed by atoms with Gasteiger partial charge in [0.25, 0.3) is 5.56 Å². The largest absolute Gasteiger partial charge is 0.574 e. The number of pyridine rings is 1. The predicted molar refractivity (Wildman–Crippen MR) is 88.4 cm³/mol. The molecule has 27 heavy (non-hydrogen) atoms. The van der Waals surface area contributed by atoms with Crippen molar-refractivity contribution in [3.63, 3.8) is 0 Å². The number of nitrogens with one attached hydrogen (secondary N) is 1. The van der Waals surface area contributed by atoms with E-state index < -0.39 is 17.8 Å². The molecular weight excluding hydrogens is 391 g/mol. The van der Waals surface area contributed by atoms with Crippen LogP contribution in [0.2, 0.25) is 5.02 Å². The summed E-state index contributed by atoms with van der Waals surface area (Å²) in [7, 11) is 0. The Labute approximate surface area is 155 Å². The number of hydrogen-bond donors (Lipinski definition) is 1. The number of ether oxygens (including phenoxy) is 1. The number of alkyl halides is 3. The van der Waals surface area contributed by atoms with Gasteiger partial charge < -0.3 is 14.5 Å². The molecule has 0 atom stereocenters. The van der Waals surface area contributed by atoms with Gasteiger partial charge >= 0.3 is 6.36 Å². The molecule has 0 aromatic carbocycles. The zero-order chi connectivity index (χ0) is 19.6. The Morgan fingerprint density at radius 1 is 1.22 bits per heavy atom. The molecule has 0 radical (unpaired) electrons. The normalized spacial score (nSPS) is 15.2. The summed E-state index contributed by atoms with van der Waals surface area (Å²) >= 11 is 5.95. The van der Waals surface area contributed by atoms with Crippen LogP contribution in [0, 0.1) is 0 Å². The number of H-pyrrole nitrogens is 1. The van der Waals surface area contributed by atoms with Crippen LogP contribution >= 0.6 is 11.6 Å². The Morgan fingerprint density at radius 2 is 2.00 bits per heavy atom. The topological polar surface area (TPSA) is 91.4 Å². The molecule has 8 nitrogen and oxygen atoms in total. The first-order chi connectivity index (χ1) is 12.7. The maximum Gasteiger partial charge on any atom is 0.574 e. The molecule has 3 heterocycles. The van der Waals surface area contributed by atoms with Crippen LogP contribution in [-0.2, 0) is 11.3 Å². The maximum absolute atomic E-state index is 12.4. The molecule has 1 aliphatic heterocycles. The standard InChI is InChI=1S/C15H13ClF3N5O3/c16-13-10(6-21-22-14(13)26)23-3-4-24(12(25)8-23)7-9-1-2-11(20-5-9)27-15(17,18)19/h1-2,5-6H,3-4,7-8H2,(H,22,26). The van der Waals surface area contributed by atoms with Gasteiger partial charge in [0.1, 0.15) is 5.02 Å². The van der Waals surface area contributed by atoms with Gasteiger partial charge in [-0.3, -0.25) is 9.59 Å². The Hall–Kier alpha value is -2.82. The first-order valence-corrected chi connectivity index (χ1v) is 8.07. The molecule has 1 N–H and O–H groups in total. The highest BCUT2D eigenvalue weighted by Crippen LogP contribution is 2.23. The van der Waals surface area contributed by atoms with Crippen molar-refractivity contribution >= 4 is 23.2 Å². The van der Waals surface area contributed by atoms with Crippen molar-refractivity contribution in [2.24, 2.45) is 0 Å². The third kappa shape index (κ3) is 4.67. The lowest BCUT2D eigenvalue weighted by molar-refractivity contribution is -0.276. The molecule has 0 unspecified atom stereocenters. The molecule has 1 amide bonds. The number of hydrogen-bond acceptors (Lipinski definition) is 6. The molecule has 1 saturated heterocycles. The highest BCUT2D eigenvalue weighted by atomic mass is 35.5. The predicted octanol–water partition coefficient (Wildman–Crippen LogP) is 1.57. The minimum Gasteiger partial charge on any atom is -0.388 e. The van der Waals surface area contributed by atoms with Gasteiger partial charge in [-0.05, 0) is 5.56 Å². The van der Waals surface area contributed by atoms with Crippen LogP contribution < -0.4 is 15.2 Å². The van der Waals surface area contributed by atoms with Crippen LogP contribution in [-0.4, -0.2) is 52.0 Å². The molecule has 0 spiro atoms. The Bertz CT molecular complexity index is 888. The number of aromatic nitrogens is 3. The highest BCUT2D eigenvalue weighted by molar-refractivity contribution is 6.33. The Kier molecular flexibility index (Phi) is 5.22. The fourth-order valence-electron chi connectivity index (χ4n) is 2.58. The SMILES string of the molecule is O=C1CN(c2cn[nH]c(=O)c2Cl)CCN1Cc1ccc(OC(F)(F)F)nc1. The van der Waals surface area contributed by atoms with E-state index in [-0.39, 0.29) is 24.0 Å². The third-order valence-corrected chi connectivity index (χ3v) is 4.19. The lowest BCUT2D eigenvalue weighted by atomic mass is 10.2. The summed E-state index contributed by atoms with van der Waals surface area (Å²) in [6, 6.07) is 2.50. The third-order valence-electron chi connectivity index (χ3n) is 3.83. The zero-order valence-electron chi connectivity index (χ0n) is 13.7. The highest BCUT2D eigenvalue weighted by Gasteiger charge is 2.32. The smallest absolute Gasteiger partial charge is 0.388 e. The molecule has 1 aliphatic rings. The number of rotatable bonds is 4. The summed E-state index contributed by atoms with van der Waals surface area (Å²) in [6.45, 7) is 0.933. The van der Waals surface area contributed by atoms with E-state index in [1.54, 1.807) is 4.90 Å². The zero-order valence-corrected chi connectivity index (χ0v) is 14.4. The van der Waals surface area contributed by atoms with E-state index in [1.165, 1.54) is 23.4 Å². The van der Waals surface area contributed by atoms with Gasteiger partial charge in [0.2, 0.25) is 11.8 Å². The van der Waals surface area contributed by atoms with E-state index >= 15 is 0 Å². The number of piperazine rings is 1. The van der Waals surface area contributed by atoms with Crippen LogP contribution in [0.1, 0.15) is 5.56 Å². The minimum atomic E-state index is -4.81. The summed E-state index contributed by atoms with van der Waals surface area (Å²) in [6.07, 6.45) is -2.22. The number of carbonyl (C=O) groups is 1. The van der Waals surface area contributed by atoms with Gasteiger partial charge in [-0.2, -0.15) is 5.10 Å². The average Bonchev–Trinajstić information content (AvgIpc) is 2.59. The van der Waals surface area contributed by atoms with Gasteiger partial charge in [0, 0.05) is 31.9 Å². The molecule has 0 bridgehead atoms. The Balaban J connectivity index is 1.63. The number of carbonyl (C=O) groups excluding carboxylic acids is 1. The molecule has 1 fully saturated rings. The molecule has 0 aliphatic carbocycles. The van der Waals surface area contributed by atoms with E-state index in [0.717, 1.165) is 6.07 Å². The van der Waals surface area contributed by atoms with Crippen molar-refractivity contribution < 1.29 is 22.7 Å². The second-order valence-corrected chi connectivity index (χ2v) is 6.07. The van der Waals surface area contributed by atoms with Crippen molar-refractivity contribution in [2.75, 3.05) is 24.5 Å². The lowest BCUT2D eigenvalue weighted by Gasteiger charge is -2.35. The van der Waals surface area contributed by atoms with Gasteiger partial charge in [-0.1, -0.05) is 17.7 Å². The van der Waals surface area contributed by atoms with Crippen molar-refractivity contribution in [1.82, 2.24) is 20.1 Å². The summed E-state index contributed by atoms with van der Waals surface area (Å²) in [4.78, 5) is 30.7. The first kappa shape index (κ1) is 19.0. The number of amides is 1. The second kappa shape index (κ2) is 7.43. The van der Waals surface area contributed by atoms with Crippen LogP contribution in [0.4, 0.5) is 18.9 Å². The molecule has 2 aromatic rings. The second-order valence-electron chi connectivity index (χ2n) is 5.69. The summed E-state index contributed by atoms with van der Waals surface area (Å²) < 4.78 is 40.1.